The Morgan fingerprint density at radius 1 is 1.33 bits per heavy atom. The zero-order chi connectivity index (χ0) is 14.8. The number of hydrogen-bond donors (Lipinski definition) is 1. The Balaban J connectivity index is 1.78. The molecule has 0 saturated heterocycles. The first-order valence-electron chi connectivity index (χ1n) is 6.48. The molecule has 0 saturated carbocycles. The molecule has 0 bridgehead atoms. The van der Waals surface area contributed by atoms with E-state index in [1.807, 2.05) is 24.3 Å². The number of pyridine rings is 1. The molecule has 0 spiro atoms. The monoisotopic (exact) mass is 301 g/mol. The van der Waals surface area contributed by atoms with E-state index in [1.54, 1.807) is 42.7 Å². The van der Waals surface area contributed by atoms with E-state index in [2.05, 4.69) is 9.97 Å². The van der Waals surface area contributed by atoms with E-state index in [0.717, 1.165) is 27.5 Å². The second-order valence-electron chi connectivity index (χ2n) is 4.70. The third-order valence-corrected chi connectivity index (χ3v) is 4.16. The fraction of sp³-hybridized carbons (Fsp3) is 0.200. The average Bonchev–Trinajstić information content (AvgIpc) is 2.90. The van der Waals surface area contributed by atoms with Crippen LogP contribution < -0.4 is 10.3 Å². The van der Waals surface area contributed by atoms with Crippen molar-refractivity contribution in [3.05, 3.63) is 52.4 Å². The van der Waals surface area contributed by atoms with Crippen molar-refractivity contribution < 1.29 is 4.74 Å². The summed E-state index contributed by atoms with van der Waals surface area (Å²) in [5.74, 6) is 1.50. The molecular formula is C15H15N3O2S. The standard InChI is InChI=1S/C15H15N3O2S/c1-18-6-5-10(7-14(18)19)9-21-15-16-12-4-3-11(20-2)8-13(12)17-15/h3-8H,9H2,1-2H3,(H,16,17). The summed E-state index contributed by atoms with van der Waals surface area (Å²) in [4.78, 5) is 19.3. The third kappa shape index (κ3) is 2.95. The molecule has 0 aliphatic carbocycles. The van der Waals surface area contributed by atoms with Crippen LogP contribution in [0.25, 0.3) is 11.0 Å². The first kappa shape index (κ1) is 13.8. The molecule has 0 radical (unpaired) electrons. The van der Waals surface area contributed by atoms with Crippen molar-refractivity contribution in [2.24, 2.45) is 7.05 Å². The zero-order valence-corrected chi connectivity index (χ0v) is 12.6. The number of hydrogen-bond acceptors (Lipinski definition) is 4. The number of aryl methyl sites for hydroxylation is 1. The van der Waals surface area contributed by atoms with Gasteiger partial charge in [-0.25, -0.2) is 4.98 Å². The van der Waals surface area contributed by atoms with Gasteiger partial charge in [0, 0.05) is 31.1 Å². The molecule has 2 aromatic heterocycles. The summed E-state index contributed by atoms with van der Waals surface area (Å²) in [6.07, 6.45) is 1.78. The van der Waals surface area contributed by atoms with E-state index in [4.69, 9.17) is 4.74 Å². The summed E-state index contributed by atoms with van der Waals surface area (Å²) < 4.78 is 6.75. The normalized spacial score (nSPS) is 11.0. The summed E-state index contributed by atoms with van der Waals surface area (Å²) >= 11 is 1.57. The van der Waals surface area contributed by atoms with Crippen LogP contribution in [0.4, 0.5) is 0 Å². The van der Waals surface area contributed by atoms with E-state index in [0.29, 0.717) is 5.75 Å². The molecule has 3 aromatic rings. The number of nitrogens with one attached hydrogen (secondary N) is 1. The number of thioether (sulfide) groups is 1. The average molecular weight is 301 g/mol. The maximum atomic E-state index is 11.6. The minimum absolute atomic E-state index is 0.00226. The molecule has 0 amide bonds. The number of ether oxygens (including phenoxy) is 1. The Kier molecular flexibility index (Phi) is 3.70. The minimum Gasteiger partial charge on any atom is -0.497 e. The lowest BCUT2D eigenvalue weighted by molar-refractivity contribution is 0.415. The number of rotatable bonds is 4. The molecule has 0 aliphatic rings. The fourth-order valence-electron chi connectivity index (χ4n) is 1.99. The Morgan fingerprint density at radius 2 is 2.19 bits per heavy atom. The molecule has 1 aromatic carbocycles. The molecule has 1 N–H and O–H groups in total. The molecule has 2 heterocycles. The van der Waals surface area contributed by atoms with Gasteiger partial charge in [0.1, 0.15) is 5.75 Å². The molecule has 21 heavy (non-hydrogen) atoms. The molecule has 0 atom stereocenters. The molecular weight excluding hydrogens is 286 g/mol. The highest BCUT2D eigenvalue weighted by atomic mass is 32.2. The number of methoxy groups -OCH3 is 1. The number of fused-ring (bicyclic) bond motifs is 1. The SMILES string of the molecule is COc1ccc2nc(SCc3ccn(C)c(=O)c3)[nH]c2c1. The van der Waals surface area contributed by atoms with Gasteiger partial charge in [-0.15, -0.1) is 0 Å². The number of aromatic nitrogens is 3. The van der Waals surface area contributed by atoms with Gasteiger partial charge < -0.3 is 14.3 Å². The lowest BCUT2D eigenvalue weighted by Crippen LogP contribution is -2.14. The Labute approximate surface area is 126 Å². The molecule has 0 fully saturated rings. The van der Waals surface area contributed by atoms with Crippen molar-refractivity contribution in [1.82, 2.24) is 14.5 Å². The number of H-pyrrole nitrogens is 1. The van der Waals surface area contributed by atoms with Crippen LogP contribution >= 0.6 is 11.8 Å². The van der Waals surface area contributed by atoms with Gasteiger partial charge in [-0.2, -0.15) is 0 Å². The maximum absolute atomic E-state index is 11.6. The van der Waals surface area contributed by atoms with Gasteiger partial charge in [-0.1, -0.05) is 11.8 Å². The van der Waals surface area contributed by atoms with E-state index >= 15 is 0 Å². The van der Waals surface area contributed by atoms with E-state index in [9.17, 15) is 4.79 Å². The summed E-state index contributed by atoms with van der Waals surface area (Å²) in [7, 11) is 3.38. The van der Waals surface area contributed by atoms with Gasteiger partial charge in [0.25, 0.3) is 5.56 Å². The molecule has 0 unspecified atom stereocenters. The van der Waals surface area contributed by atoms with Crippen molar-refractivity contribution >= 4 is 22.8 Å². The topological polar surface area (TPSA) is 59.9 Å². The largest absolute Gasteiger partial charge is 0.497 e. The predicted molar refractivity (Wildman–Crippen MR) is 83.9 cm³/mol. The van der Waals surface area contributed by atoms with Gasteiger partial charge in [0.15, 0.2) is 5.16 Å². The summed E-state index contributed by atoms with van der Waals surface area (Å²) in [6.45, 7) is 0. The first-order chi connectivity index (χ1) is 10.2. The van der Waals surface area contributed by atoms with Crippen molar-refractivity contribution in [2.75, 3.05) is 7.11 Å². The molecule has 0 aliphatic heterocycles. The van der Waals surface area contributed by atoms with Gasteiger partial charge >= 0.3 is 0 Å². The van der Waals surface area contributed by atoms with E-state index in [1.165, 1.54) is 0 Å². The minimum atomic E-state index is 0.00226. The molecule has 5 nitrogen and oxygen atoms in total. The van der Waals surface area contributed by atoms with Crippen LogP contribution in [0.3, 0.4) is 0 Å². The second-order valence-corrected chi connectivity index (χ2v) is 5.66. The molecule has 3 rings (SSSR count). The van der Waals surface area contributed by atoms with Gasteiger partial charge in [-0.3, -0.25) is 4.79 Å². The van der Waals surface area contributed by atoms with Crippen LogP contribution in [0, 0.1) is 0 Å². The number of imidazole rings is 1. The van der Waals surface area contributed by atoms with Crippen LogP contribution in [0.5, 0.6) is 5.75 Å². The Bertz CT molecular complexity index is 838. The second kappa shape index (κ2) is 5.65. The van der Waals surface area contributed by atoms with Crippen LogP contribution in [0.2, 0.25) is 0 Å². The highest BCUT2D eigenvalue weighted by Crippen LogP contribution is 2.24. The van der Waals surface area contributed by atoms with E-state index in [-0.39, 0.29) is 5.56 Å². The maximum Gasteiger partial charge on any atom is 0.250 e. The van der Waals surface area contributed by atoms with Gasteiger partial charge in [0.05, 0.1) is 18.1 Å². The van der Waals surface area contributed by atoms with Crippen LogP contribution in [-0.2, 0) is 12.8 Å². The number of aromatic amines is 1. The molecule has 108 valence electrons. The quantitative estimate of drug-likeness (QED) is 0.752. The third-order valence-electron chi connectivity index (χ3n) is 3.21. The predicted octanol–water partition coefficient (Wildman–Crippen LogP) is 2.56. The van der Waals surface area contributed by atoms with Crippen LogP contribution in [0.15, 0.2) is 46.5 Å². The first-order valence-corrected chi connectivity index (χ1v) is 7.46. The van der Waals surface area contributed by atoms with Crippen molar-refractivity contribution in [3.8, 4) is 5.75 Å². The number of benzene rings is 1. The number of nitrogens with zero attached hydrogens (tertiary/aromatic N) is 2. The molecule has 6 heteroatoms. The van der Waals surface area contributed by atoms with E-state index < -0.39 is 0 Å². The summed E-state index contributed by atoms with van der Waals surface area (Å²) in [5.41, 5.74) is 2.84. The Morgan fingerprint density at radius 3 is 2.95 bits per heavy atom. The van der Waals surface area contributed by atoms with Crippen molar-refractivity contribution in [3.63, 3.8) is 0 Å². The van der Waals surface area contributed by atoms with Crippen LogP contribution in [0.1, 0.15) is 5.56 Å². The van der Waals surface area contributed by atoms with Crippen molar-refractivity contribution in [2.45, 2.75) is 10.9 Å². The van der Waals surface area contributed by atoms with Crippen LogP contribution in [-0.4, -0.2) is 21.6 Å². The smallest absolute Gasteiger partial charge is 0.250 e. The zero-order valence-electron chi connectivity index (χ0n) is 11.8. The van der Waals surface area contributed by atoms with Gasteiger partial charge in [-0.05, 0) is 23.8 Å². The summed E-state index contributed by atoms with van der Waals surface area (Å²) in [5, 5.41) is 0.832. The fourth-order valence-corrected chi connectivity index (χ4v) is 2.82. The highest BCUT2D eigenvalue weighted by Gasteiger charge is 2.05. The summed E-state index contributed by atoms with van der Waals surface area (Å²) in [6, 6.07) is 9.33. The Hall–Kier alpha value is -2.21. The van der Waals surface area contributed by atoms with Gasteiger partial charge in [0.2, 0.25) is 0 Å². The van der Waals surface area contributed by atoms with Crippen molar-refractivity contribution in [1.29, 1.82) is 0 Å². The lowest BCUT2D eigenvalue weighted by Gasteiger charge is -2.00. The highest BCUT2D eigenvalue weighted by molar-refractivity contribution is 7.98. The lowest BCUT2D eigenvalue weighted by atomic mass is 10.3.